The predicted molar refractivity (Wildman–Crippen MR) is 120 cm³/mol. The van der Waals surface area contributed by atoms with Gasteiger partial charge in [0, 0.05) is 17.4 Å². The zero-order valence-corrected chi connectivity index (χ0v) is 17.7. The lowest BCUT2D eigenvalue weighted by Crippen LogP contribution is -2.19. The average molecular weight is 471 g/mol. The maximum absolute atomic E-state index is 13.9. The molecular weight excluding hydrogens is 455 g/mol. The summed E-state index contributed by atoms with van der Waals surface area (Å²) in [5.74, 6) is -1.46. The Balaban J connectivity index is 2.07. The molecule has 0 fully saturated rings. The fourth-order valence-electron chi connectivity index (χ4n) is 3.32. The van der Waals surface area contributed by atoms with E-state index in [1.807, 2.05) is 0 Å². The number of nitrogens with zero attached hydrogens (tertiary/aromatic N) is 2. The van der Waals surface area contributed by atoms with Crippen molar-refractivity contribution in [2.24, 2.45) is 0 Å². The van der Waals surface area contributed by atoms with Gasteiger partial charge < -0.3 is 10.4 Å². The van der Waals surface area contributed by atoms with Crippen molar-refractivity contribution < 1.29 is 23.1 Å². The van der Waals surface area contributed by atoms with Crippen LogP contribution in [-0.2, 0) is 11.0 Å². The van der Waals surface area contributed by atoms with Crippen molar-refractivity contribution in [2.45, 2.75) is 11.2 Å². The molecule has 0 saturated carbocycles. The number of fused-ring (bicyclic) bond motifs is 1. The van der Waals surface area contributed by atoms with Crippen molar-refractivity contribution in [3.05, 3.63) is 88.6 Å². The molecule has 0 atom stereocenters. The SMILES string of the molecule is O=C(O)CSc1cc(C(F)(F)F)c2c(=O)cc(Nc3ccccc3)n(-c3ccccc3)c2n1. The van der Waals surface area contributed by atoms with E-state index in [1.54, 1.807) is 60.7 Å². The Labute approximate surface area is 189 Å². The fourth-order valence-corrected chi connectivity index (χ4v) is 3.94. The number of halogens is 3. The van der Waals surface area contributed by atoms with Gasteiger partial charge in [0.1, 0.15) is 5.82 Å². The summed E-state index contributed by atoms with van der Waals surface area (Å²) in [6.45, 7) is 0. The molecule has 0 aliphatic heterocycles. The van der Waals surface area contributed by atoms with Crippen LogP contribution in [0, 0.1) is 0 Å². The molecule has 0 radical (unpaired) electrons. The van der Waals surface area contributed by atoms with Gasteiger partial charge in [0.25, 0.3) is 0 Å². The number of carboxylic acid groups (broad SMARTS) is 1. The molecule has 4 aromatic rings. The fraction of sp³-hybridized carbons (Fsp3) is 0.0870. The largest absolute Gasteiger partial charge is 0.481 e. The highest BCUT2D eigenvalue weighted by Gasteiger charge is 2.35. The molecule has 0 amide bonds. The van der Waals surface area contributed by atoms with Crippen molar-refractivity contribution >= 4 is 40.3 Å². The van der Waals surface area contributed by atoms with Crippen molar-refractivity contribution in [1.82, 2.24) is 9.55 Å². The molecule has 6 nitrogen and oxygen atoms in total. The van der Waals surface area contributed by atoms with E-state index in [2.05, 4.69) is 10.3 Å². The molecule has 2 heterocycles. The zero-order valence-electron chi connectivity index (χ0n) is 16.8. The summed E-state index contributed by atoms with van der Waals surface area (Å²) < 4.78 is 43.2. The van der Waals surface area contributed by atoms with E-state index in [4.69, 9.17) is 5.11 Å². The molecule has 0 spiro atoms. The van der Waals surface area contributed by atoms with Gasteiger partial charge in [-0.3, -0.25) is 14.2 Å². The van der Waals surface area contributed by atoms with Crippen LogP contribution in [-0.4, -0.2) is 26.4 Å². The molecule has 0 aliphatic carbocycles. The predicted octanol–water partition coefficient (Wildman–Crippen LogP) is 5.32. The summed E-state index contributed by atoms with van der Waals surface area (Å²) in [6, 6.07) is 19.2. The molecule has 0 aliphatic rings. The van der Waals surface area contributed by atoms with Gasteiger partial charge in [0.05, 0.1) is 21.7 Å². The quantitative estimate of drug-likeness (QED) is 0.370. The summed E-state index contributed by atoms with van der Waals surface area (Å²) in [7, 11) is 0. The van der Waals surface area contributed by atoms with E-state index in [9.17, 15) is 22.8 Å². The number of aromatic nitrogens is 2. The molecule has 10 heteroatoms. The number of aliphatic carboxylic acids is 1. The van der Waals surface area contributed by atoms with Gasteiger partial charge in [-0.2, -0.15) is 13.2 Å². The molecule has 4 rings (SSSR count). The first-order valence-electron chi connectivity index (χ1n) is 9.64. The number of thioether (sulfide) groups is 1. The van der Waals surface area contributed by atoms with Crippen LogP contribution in [0.1, 0.15) is 5.56 Å². The number of anilines is 2. The lowest BCUT2D eigenvalue weighted by Gasteiger charge is -2.20. The minimum absolute atomic E-state index is 0.154. The lowest BCUT2D eigenvalue weighted by atomic mass is 10.1. The van der Waals surface area contributed by atoms with E-state index in [1.165, 1.54) is 4.57 Å². The van der Waals surface area contributed by atoms with Crippen molar-refractivity contribution in [2.75, 3.05) is 11.1 Å². The molecule has 0 unspecified atom stereocenters. The van der Waals surface area contributed by atoms with Gasteiger partial charge in [0.15, 0.2) is 11.1 Å². The lowest BCUT2D eigenvalue weighted by molar-refractivity contribution is -0.136. The van der Waals surface area contributed by atoms with Crippen molar-refractivity contribution in [1.29, 1.82) is 0 Å². The van der Waals surface area contributed by atoms with E-state index in [-0.39, 0.29) is 16.5 Å². The number of carbonyl (C=O) groups is 1. The molecule has 168 valence electrons. The van der Waals surface area contributed by atoms with Gasteiger partial charge in [-0.1, -0.05) is 48.2 Å². The number of pyridine rings is 2. The summed E-state index contributed by atoms with van der Waals surface area (Å²) in [6.07, 6.45) is -4.85. The zero-order chi connectivity index (χ0) is 23.6. The summed E-state index contributed by atoms with van der Waals surface area (Å²) in [4.78, 5) is 28.2. The number of hydrogen-bond donors (Lipinski definition) is 2. The maximum atomic E-state index is 13.9. The second-order valence-corrected chi connectivity index (χ2v) is 7.94. The van der Waals surface area contributed by atoms with Crippen molar-refractivity contribution in [3.8, 4) is 5.69 Å². The first-order chi connectivity index (χ1) is 15.7. The molecular formula is C23H16F3N3O3S. The van der Waals surface area contributed by atoms with Gasteiger partial charge in [-0.05, 0) is 30.3 Å². The summed E-state index contributed by atoms with van der Waals surface area (Å²) in [5, 5.41) is 11.3. The molecule has 2 aromatic heterocycles. The number of nitrogens with one attached hydrogen (secondary N) is 1. The minimum atomic E-state index is -4.85. The van der Waals surface area contributed by atoms with E-state index in [0.29, 0.717) is 23.1 Å². The van der Waals surface area contributed by atoms with Crippen LogP contribution in [0.4, 0.5) is 24.7 Å². The third kappa shape index (κ3) is 4.85. The Hall–Kier alpha value is -3.79. The third-order valence-electron chi connectivity index (χ3n) is 4.65. The van der Waals surface area contributed by atoms with Crippen LogP contribution < -0.4 is 10.7 Å². The highest BCUT2D eigenvalue weighted by atomic mass is 32.2. The molecule has 2 N–H and O–H groups in total. The first-order valence-corrected chi connectivity index (χ1v) is 10.6. The Morgan fingerprint density at radius 2 is 1.67 bits per heavy atom. The van der Waals surface area contributed by atoms with Crippen molar-refractivity contribution in [3.63, 3.8) is 0 Å². The Morgan fingerprint density at radius 3 is 2.27 bits per heavy atom. The minimum Gasteiger partial charge on any atom is -0.481 e. The Kier molecular flexibility index (Phi) is 6.10. The third-order valence-corrected chi connectivity index (χ3v) is 5.55. The summed E-state index contributed by atoms with van der Waals surface area (Å²) >= 11 is 0.647. The number of benzene rings is 2. The van der Waals surface area contributed by atoms with Gasteiger partial charge >= 0.3 is 12.1 Å². The number of rotatable bonds is 6. The van der Waals surface area contributed by atoms with E-state index < -0.39 is 34.3 Å². The molecule has 33 heavy (non-hydrogen) atoms. The number of hydrogen-bond acceptors (Lipinski definition) is 5. The van der Waals surface area contributed by atoms with Crippen LogP contribution >= 0.6 is 11.8 Å². The highest BCUT2D eigenvalue weighted by Crippen LogP contribution is 2.37. The normalized spacial score (nSPS) is 11.5. The smallest absolute Gasteiger partial charge is 0.417 e. The molecule has 0 bridgehead atoms. The highest BCUT2D eigenvalue weighted by molar-refractivity contribution is 7.99. The number of para-hydroxylation sites is 2. The van der Waals surface area contributed by atoms with Gasteiger partial charge in [0.2, 0.25) is 0 Å². The average Bonchev–Trinajstić information content (AvgIpc) is 2.78. The van der Waals surface area contributed by atoms with Crippen LogP contribution in [0.2, 0.25) is 0 Å². The standard InChI is InChI=1S/C23H16F3N3O3S/c24-23(25,26)16-11-19(33-13-20(31)32)28-22-21(16)17(30)12-18(27-14-7-3-1-4-8-14)29(22)15-9-5-2-6-10-15/h1-12,27H,13H2,(H,31,32). The Morgan fingerprint density at radius 1 is 1.03 bits per heavy atom. The maximum Gasteiger partial charge on any atom is 0.417 e. The van der Waals surface area contributed by atoms with Gasteiger partial charge in [-0.25, -0.2) is 4.98 Å². The van der Waals surface area contributed by atoms with Crippen LogP contribution in [0.25, 0.3) is 16.7 Å². The number of carboxylic acids is 1. The topological polar surface area (TPSA) is 84.2 Å². The second-order valence-electron chi connectivity index (χ2n) is 6.94. The monoisotopic (exact) mass is 471 g/mol. The van der Waals surface area contributed by atoms with Crippen LogP contribution in [0.5, 0.6) is 0 Å². The summed E-state index contributed by atoms with van der Waals surface area (Å²) in [5.41, 5.74) is -1.16. The first kappa shape index (κ1) is 22.4. The Bertz CT molecular complexity index is 1370. The molecule has 2 aromatic carbocycles. The van der Waals surface area contributed by atoms with E-state index in [0.717, 1.165) is 12.1 Å². The van der Waals surface area contributed by atoms with E-state index >= 15 is 0 Å². The molecule has 0 saturated heterocycles. The van der Waals surface area contributed by atoms with Gasteiger partial charge in [-0.15, -0.1) is 0 Å². The second kappa shape index (κ2) is 8.99. The number of alkyl halides is 3. The van der Waals surface area contributed by atoms with Crippen LogP contribution in [0.15, 0.2) is 82.6 Å². The van der Waals surface area contributed by atoms with Crippen LogP contribution in [0.3, 0.4) is 0 Å².